The van der Waals surface area contributed by atoms with Crippen molar-refractivity contribution in [1.29, 1.82) is 0 Å². The summed E-state index contributed by atoms with van der Waals surface area (Å²) in [6.45, 7) is 2.51. The predicted octanol–water partition coefficient (Wildman–Crippen LogP) is 2.11. The average molecular weight is 351 g/mol. The Kier molecular flexibility index (Phi) is 4.51. The van der Waals surface area contributed by atoms with Gasteiger partial charge in [-0.15, -0.1) is 0 Å². The van der Waals surface area contributed by atoms with Gasteiger partial charge in [-0.2, -0.15) is 0 Å². The fourth-order valence-electron chi connectivity index (χ4n) is 3.47. The maximum Gasteiger partial charge on any atom is 0.261 e. The number of hydrogen-bond donors (Lipinski definition) is 0. The molecular formula is C19H21N5O2. The van der Waals surface area contributed by atoms with Crippen LogP contribution in [0.2, 0.25) is 0 Å². The van der Waals surface area contributed by atoms with E-state index < -0.39 is 0 Å². The number of piperidine rings is 1. The number of fused-ring (bicyclic) bond motifs is 1. The van der Waals surface area contributed by atoms with Crippen molar-refractivity contribution < 1.29 is 4.74 Å². The van der Waals surface area contributed by atoms with E-state index in [9.17, 15) is 4.79 Å². The third-order valence-corrected chi connectivity index (χ3v) is 4.96. The Labute approximate surface area is 151 Å². The minimum Gasteiger partial charge on any atom is -0.481 e. The molecule has 0 unspecified atom stereocenters. The maximum atomic E-state index is 12.6. The van der Waals surface area contributed by atoms with Crippen molar-refractivity contribution in [2.24, 2.45) is 5.92 Å². The van der Waals surface area contributed by atoms with E-state index in [1.807, 2.05) is 30.3 Å². The van der Waals surface area contributed by atoms with E-state index in [2.05, 4.69) is 19.9 Å². The number of nitrogens with zero attached hydrogens (tertiary/aromatic N) is 5. The molecule has 1 aliphatic rings. The minimum atomic E-state index is 0.0403. The Bertz CT molecular complexity index is 963. The van der Waals surface area contributed by atoms with Crippen LogP contribution in [0, 0.1) is 5.92 Å². The molecule has 4 rings (SSSR count). The van der Waals surface area contributed by atoms with E-state index >= 15 is 0 Å². The molecule has 1 fully saturated rings. The predicted molar refractivity (Wildman–Crippen MR) is 99.5 cm³/mol. The molecule has 0 atom stereocenters. The largest absolute Gasteiger partial charge is 0.481 e. The quantitative estimate of drug-likeness (QED) is 0.717. The Morgan fingerprint density at radius 3 is 2.77 bits per heavy atom. The number of rotatable bonds is 4. The standard InChI is InChI=1S/C19H21N5O2/c1-26-18-10-17(20-12-21-18)23-8-6-14(7-9-23)11-24-13-22-16-5-3-2-4-15(16)19(24)25/h2-5,10,12-14H,6-9,11H2,1H3. The molecule has 0 aliphatic carbocycles. The number of benzene rings is 1. The molecular weight excluding hydrogens is 330 g/mol. The summed E-state index contributed by atoms with van der Waals surface area (Å²) < 4.78 is 6.92. The first-order chi connectivity index (χ1) is 12.7. The van der Waals surface area contributed by atoms with Gasteiger partial charge in [0, 0.05) is 25.7 Å². The van der Waals surface area contributed by atoms with Gasteiger partial charge in [0.25, 0.3) is 5.56 Å². The lowest BCUT2D eigenvalue weighted by atomic mass is 9.96. The van der Waals surface area contributed by atoms with Gasteiger partial charge in [0.15, 0.2) is 0 Å². The molecule has 2 aromatic heterocycles. The molecule has 7 nitrogen and oxygen atoms in total. The highest BCUT2D eigenvalue weighted by molar-refractivity contribution is 5.76. The number of methoxy groups -OCH3 is 1. The first kappa shape index (κ1) is 16.5. The van der Waals surface area contributed by atoms with Crippen LogP contribution in [0.4, 0.5) is 5.82 Å². The monoisotopic (exact) mass is 351 g/mol. The van der Waals surface area contributed by atoms with Crippen molar-refractivity contribution in [2.75, 3.05) is 25.1 Å². The molecule has 134 valence electrons. The third-order valence-electron chi connectivity index (χ3n) is 4.96. The summed E-state index contributed by atoms with van der Waals surface area (Å²) in [6, 6.07) is 9.35. The fraction of sp³-hybridized carbons (Fsp3) is 0.368. The Balaban J connectivity index is 1.44. The number of anilines is 1. The van der Waals surface area contributed by atoms with Crippen LogP contribution in [0.5, 0.6) is 5.88 Å². The summed E-state index contributed by atoms with van der Waals surface area (Å²) in [4.78, 5) is 27.7. The molecule has 3 heterocycles. The van der Waals surface area contributed by atoms with Crippen LogP contribution in [0.1, 0.15) is 12.8 Å². The second kappa shape index (κ2) is 7.11. The molecule has 1 aromatic carbocycles. The third kappa shape index (κ3) is 3.24. The number of ether oxygens (including phenoxy) is 1. The topological polar surface area (TPSA) is 73.1 Å². The van der Waals surface area contributed by atoms with Gasteiger partial charge >= 0.3 is 0 Å². The lowest BCUT2D eigenvalue weighted by Crippen LogP contribution is -2.36. The molecule has 3 aromatic rings. The Morgan fingerprint density at radius 1 is 1.15 bits per heavy atom. The summed E-state index contributed by atoms with van der Waals surface area (Å²) in [5.41, 5.74) is 0.792. The Morgan fingerprint density at radius 2 is 1.96 bits per heavy atom. The van der Waals surface area contributed by atoms with Crippen molar-refractivity contribution in [3.63, 3.8) is 0 Å². The maximum absolute atomic E-state index is 12.6. The van der Waals surface area contributed by atoms with Crippen LogP contribution in [-0.4, -0.2) is 39.7 Å². The highest BCUT2D eigenvalue weighted by atomic mass is 16.5. The summed E-state index contributed by atoms with van der Waals surface area (Å²) in [7, 11) is 1.60. The second-order valence-electron chi connectivity index (χ2n) is 6.57. The van der Waals surface area contributed by atoms with Gasteiger partial charge in [-0.05, 0) is 30.9 Å². The van der Waals surface area contributed by atoms with Crippen LogP contribution >= 0.6 is 0 Å². The highest BCUT2D eigenvalue weighted by Gasteiger charge is 2.21. The van der Waals surface area contributed by atoms with Crippen LogP contribution < -0.4 is 15.2 Å². The van der Waals surface area contributed by atoms with Gasteiger partial charge in [0.05, 0.1) is 24.3 Å². The first-order valence-electron chi connectivity index (χ1n) is 8.80. The SMILES string of the molecule is COc1cc(N2CCC(Cn3cnc4ccccc4c3=O)CC2)ncn1. The average Bonchev–Trinajstić information content (AvgIpc) is 2.71. The van der Waals surface area contributed by atoms with E-state index in [-0.39, 0.29) is 5.56 Å². The van der Waals surface area contributed by atoms with Crippen molar-refractivity contribution in [3.8, 4) is 5.88 Å². The molecule has 0 spiro atoms. The van der Waals surface area contributed by atoms with Crippen molar-refractivity contribution in [3.05, 3.63) is 53.3 Å². The molecule has 7 heteroatoms. The van der Waals surface area contributed by atoms with E-state index in [1.165, 1.54) is 6.33 Å². The summed E-state index contributed by atoms with van der Waals surface area (Å²) in [6.07, 6.45) is 5.21. The number of aromatic nitrogens is 4. The van der Waals surface area contributed by atoms with E-state index in [1.54, 1.807) is 18.0 Å². The molecule has 0 radical (unpaired) electrons. The van der Waals surface area contributed by atoms with Gasteiger partial charge < -0.3 is 9.64 Å². The highest BCUT2D eigenvalue weighted by Crippen LogP contribution is 2.24. The van der Waals surface area contributed by atoms with Gasteiger partial charge in [0.1, 0.15) is 12.1 Å². The minimum absolute atomic E-state index is 0.0403. The summed E-state index contributed by atoms with van der Waals surface area (Å²) in [5, 5.41) is 0.681. The fourth-order valence-corrected chi connectivity index (χ4v) is 3.47. The van der Waals surface area contributed by atoms with E-state index in [0.29, 0.717) is 23.7 Å². The Hall–Kier alpha value is -2.96. The van der Waals surface area contributed by atoms with Gasteiger partial charge in [-0.25, -0.2) is 15.0 Å². The zero-order valence-corrected chi connectivity index (χ0v) is 14.7. The summed E-state index contributed by atoms with van der Waals surface area (Å²) in [5.74, 6) is 1.92. The number of para-hydroxylation sites is 1. The smallest absolute Gasteiger partial charge is 0.261 e. The number of hydrogen-bond acceptors (Lipinski definition) is 6. The molecule has 1 saturated heterocycles. The van der Waals surface area contributed by atoms with Crippen LogP contribution in [-0.2, 0) is 6.54 Å². The zero-order chi connectivity index (χ0) is 17.9. The van der Waals surface area contributed by atoms with E-state index in [4.69, 9.17) is 4.74 Å². The van der Waals surface area contributed by atoms with Crippen LogP contribution in [0.15, 0.2) is 47.8 Å². The zero-order valence-electron chi connectivity index (χ0n) is 14.7. The first-order valence-corrected chi connectivity index (χ1v) is 8.80. The van der Waals surface area contributed by atoms with Crippen LogP contribution in [0.3, 0.4) is 0 Å². The lowest BCUT2D eigenvalue weighted by Gasteiger charge is -2.32. The molecule has 26 heavy (non-hydrogen) atoms. The van der Waals surface area contributed by atoms with Gasteiger partial charge in [-0.3, -0.25) is 9.36 Å². The molecule has 1 aliphatic heterocycles. The second-order valence-corrected chi connectivity index (χ2v) is 6.57. The van der Waals surface area contributed by atoms with Crippen molar-refractivity contribution in [2.45, 2.75) is 19.4 Å². The van der Waals surface area contributed by atoms with Gasteiger partial charge in [-0.1, -0.05) is 12.1 Å². The van der Waals surface area contributed by atoms with Crippen LogP contribution in [0.25, 0.3) is 10.9 Å². The molecule has 0 N–H and O–H groups in total. The van der Waals surface area contributed by atoms with Gasteiger partial charge in [0.2, 0.25) is 5.88 Å². The van der Waals surface area contributed by atoms with Crippen molar-refractivity contribution >= 4 is 16.7 Å². The van der Waals surface area contributed by atoms with Crippen molar-refractivity contribution in [1.82, 2.24) is 19.5 Å². The summed E-state index contributed by atoms with van der Waals surface area (Å²) >= 11 is 0. The molecule has 0 bridgehead atoms. The molecule has 0 amide bonds. The molecule has 0 saturated carbocycles. The van der Waals surface area contributed by atoms with E-state index in [0.717, 1.165) is 37.3 Å². The normalized spacial score (nSPS) is 15.3. The lowest BCUT2D eigenvalue weighted by molar-refractivity contribution is 0.350.